The maximum absolute atomic E-state index is 11.9. The van der Waals surface area contributed by atoms with Gasteiger partial charge in [-0.15, -0.1) is 0 Å². The van der Waals surface area contributed by atoms with Gasteiger partial charge in [0.1, 0.15) is 0 Å². The van der Waals surface area contributed by atoms with Crippen molar-refractivity contribution in [3.05, 3.63) is 0 Å². The third kappa shape index (κ3) is 3.44. The summed E-state index contributed by atoms with van der Waals surface area (Å²) in [6.45, 7) is 4.55. The van der Waals surface area contributed by atoms with E-state index in [1.807, 2.05) is 13.8 Å². The van der Waals surface area contributed by atoms with E-state index in [0.717, 1.165) is 12.8 Å². The summed E-state index contributed by atoms with van der Waals surface area (Å²) >= 11 is 0. The van der Waals surface area contributed by atoms with Crippen molar-refractivity contribution >= 4 is 17.6 Å². The second-order valence-electron chi connectivity index (χ2n) is 5.45. The largest absolute Gasteiger partial charge is 0.477 e. The quantitative estimate of drug-likeness (QED) is 0.768. The van der Waals surface area contributed by atoms with Crippen LogP contribution in [0.3, 0.4) is 0 Å². The predicted octanol–water partition coefficient (Wildman–Crippen LogP) is 0.290. The highest BCUT2D eigenvalue weighted by Crippen LogP contribution is 2.24. The van der Waals surface area contributed by atoms with Gasteiger partial charge in [-0.1, -0.05) is 5.16 Å². The lowest BCUT2D eigenvalue weighted by Gasteiger charge is -2.36. The zero-order valence-electron chi connectivity index (χ0n) is 11.0. The number of carbonyl (C=O) groups excluding carboxylic acids is 1. The molecule has 2 N–H and O–H groups in total. The molecule has 0 spiro atoms. The van der Waals surface area contributed by atoms with Crippen molar-refractivity contribution < 1.29 is 24.3 Å². The molecular weight excluding hydrogens is 252 g/mol. The molecule has 19 heavy (non-hydrogen) atoms. The van der Waals surface area contributed by atoms with E-state index in [-0.39, 0.29) is 29.7 Å². The van der Waals surface area contributed by atoms with Gasteiger partial charge >= 0.3 is 5.97 Å². The maximum Gasteiger partial charge on any atom is 0.353 e. The van der Waals surface area contributed by atoms with Crippen LogP contribution in [0, 0.1) is 0 Å². The Morgan fingerprint density at radius 1 is 1.47 bits per heavy atom. The molecule has 0 bridgehead atoms. The minimum absolute atomic E-state index is 0.00772. The number of aliphatic carboxylic acids is 1. The van der Waals surface area contributed by atoms with Crippen molar-refractivity contribution in [1.29, 1.82) is 0 Å². The first-order valence-electron chi connectivity index (χ1n) is 6.28. The Kier molecular flexibility index (Phi) is 3.75. The van der Waals surface area contributed by atoms with Crippen LogP contribution >= 0.6 is 0 Å². The third-order valence-electron chi connectivity index (χ3n) is 3.25. The fourth-order valence-electron chi connectivity index (χ4n) is 2.29. The number of nitrogens with zero attached hydrogens (tertiary/aromatic N) is 1. The number of carboxylic acids is 1. The zero-order chi connectivity index (χ0) is 14.0. The van der Waals surface area contributed by atoms with E-state index in [1.165, 1.54) is 0 Å². The first kappa shape index (κ1) is 13.8. The summed E-state index contributed by atoms with van der Waals surface area (Å²) in [5.41, 5.74) is -0.373. The van der Waals surface area contributed by atoms with Crippen LogP contribution in [0.15, 0.2) is 5.16 Å². The molecule has 0 saturated carbocycles. The van der Waals surface area contributed by atoms with Crippen molar-refractivity contribution in [2.45, 2.75) is 50.9 Å². The minimum atomic E-state index is -1.15. The van der Waals surface area contributed by atoms with Crippen LogP contribution in [0.4, 0.5) is 0 Å². The Morgan fingerprint density at radius 3 is 2.79 bits per heavy atom. The van der Waals surface area contributed by atoms with Crippen molar-refractivity contribution in [2.75, 3.05) is 6.61 Å². The van der Waals surface area contributed by atoms with E-state index < -0.39 is 12.1 Å². The monoisotopic (exact) mass is 270 g/mol. The molecule has 0 aromatic carbocycles. The Hall–Kier alpha value is -1.63. The van der Waals surface area contributed by atoms with Crippen LogP contribution in [0.25, 0.3) is 0 Å². The highest BCUT2D eigenvalue weighted by molar-refractivity contribution is 6.36. The summed E-state index contributed by atoms with van der Waals surface area (Å²) in [6.07, 6.45) is 0.637. The number of carboxylic acid groups (broad SMARTS) is 1. The van der Waals surface area contributed by atoms with Gasteiger partial charge in [-0.05, 0) is 26.7 Å². The summed E-state index contributed by atoms with van der Waals surface area (Å²) in [5.74, 6) is -1.47. The van der Waals surface area contributed by atoms with E-state index in [4.69, 9.17) is 14.7 Å². The standard InChI is InChI=1S/C12H18N2O5/c1-12(2)6-7(3-4-18-12)13-10(15)9-5-8(11(16)17)14-19-9/h7,9H,3-6H2,1-2H3,(H,13,15)(H,16,17). The number of ether oxygens (including phenoxy) is 1. The summed E-state index contributed by atoms with van der Waals surface area (Å²) < 4.78 is 5.57. The lowest BCUT2D eigenvalue weighted by atomic mass is 9.93. The first-order valence-corrected chi connectivity index (χ1v) is 6.28. The second kappa shape index (κ2) is 5.16. The molecule has 0 radical (unpaired) electrons. The molecular formula is C12H18N2O5. The molecule has 1 amide bonds. The van der Waals surface area contributed by atoms with Crippen LogP contribution in [-0.4, -0.2) is 47.0 Å². The number of hydrogen-bond donors (Lipinski definition) is 2. The van der Waals surface area contributed by atoms with Crippen LogP contribution in [0.1, 0.15) is 33.1 Å². The molecule has 1 fully saturated rings. The molecule has 7 heteroatoms. The average Bonchev–Trinajstić information content (AvgIpc) is 2.76. The Balaban J connectivity index is 1.84. The molecule has 7 nitrogen and oxygen atoms in total. The highest BCUT2D eigenvalue weighted by Gasteiger charge is 2.35. The van der Waals surface area contributed by atoms with Crippen LogP contribution < -0.4 is 5.32 Å². The molecule has 1 saturated heterocycles. The van der Waals surface area contributed by atoms with Gasteiger partial charge in [0.15, 0.2) is 5.71 Å². The minimum Gasteiger partial charge on any atom is -0.477 e. The van der Waals surface area contributed by atoms with Gasteiger partial charge in [0, 0.05) is 19.1 Å². The first-order chi connectivity index (χ1) is 8.87. The zero-order valence-corrected chi connectivity index (χ0v) is 11.0. The maximum atomic E-state index is 11.9. The van der Waals surface area contributed by atoms with E-state index in [2.05, 4.69) is 10.5 Å². The highest BCUT2D eigenvalue weighted by atomic mass is 16.6. The Labute approximate surface area is 110 Å². The SMILES string of the molecule is CC1(C)CC(NC(=O)C2CC(C(=O)O)=NO2)CCO1. The summed E-state index contributed by atoms with van der Waals surface area (Å²) in [6, 6.07) is 0.0220. The number of hydrogen-bond acceptors (Lipinski definition) is 5. The molecule has 2 aliphatic heterocycles. The molecule has 2 unspecified atom stereocenters. The molecule has 2 heterocycles. The summed E-state index contributed by atoms with van der Waals surface area (Å²) in [5, 5.41) is 15.0. The Morgan fingerprint density at radius 2 is 2.21 bits per heavy atom. The van der Waals surface area contributed by atoms with Gasteiger partial charge in [-0.3, -0.25) is 4.79 Å². The molecule has 0 aliphatic carbocycles. The lowest BCUT2D eigenvalue weighted by molar-refractivity contribution is -0.134. The van der Waals surface area contributed by atoms with Gasteiger partial charge in [0.05, 0.1) is 5.60 Å². The number of nitrogens with one attached hydrogen (secondary N) is 1. The summed E-state index contributed by atoms with van der Waals surface area (Å²) in [4.78, 5) is 27.5. The number of rotatable bonds is 3. The lowest BCUT2D eigenvalue weighted by Crippen LogP contribution is -2.48. The van der Waals surface area contributed by atoms with Crippen molar-refractivity contribution in [1.82, 2.24) is 5.32 Å². The molecule has 0 aromatic heterocycles. The molecule has 2 rings (SSSR count). The topological polar surface area (TPSA) is 97.2 Å². The summed E-state index contributed by atoms with van der Waals surface area (Å²) in [7, 11) is 0. The van der Waals surface area contributed by atoms with E-state index >= 15 is 0 Å². The van der Waals surface area contributed by atoms with E-state index in [1.54, 1.807) is 0 Å². The fraction of sp³-hybridized carbons (Fsp3) is 0.750. The third-order valence-corrected chi connectivity index (χ3v) is 3.25. The molecule has 106 valence electrons. The number of carbonyl (C=O) groups is 2. The van der Waals surface area contributed by atoms with Crippen molar-refractivity contribution in [2.24, 2.45) is 5.16 Å². The second-order valence-corrected chi connectivity index (χ2v) is 5.45. The fourth-order valence-corrected chi connectivity index (χ4v) is 2.29. The molecule has 2 aliphatic rings. The van der Waals surface area contributed by atoms with E-state index in [0.29, 0.717) is 6.61 Å². The van der Waals surface area contributed by atoms with Crippen molar-refractivity contribution in [3.8, 4) is 0 Å². The van der Waals surface area contributed by atoms with Crippen LogP contribution in [-0.2, 0) is 19.2 Å². The van der Waals surface area contributed by atoms with Crippen LogP contribution in [0.2, 0.25) is 0 Å². The van der Waals surface area contributed by atoms with E-state index in [9.17, 15) is 9.59 Å². The predicted molar refractivity (Wildman–Crippen MR) is 65.8 cm³/mol. The number of amides is 1. The van der Waals surface area contributed by atoms with Crippen molar-refractivity contribution in [3.63, 3.8) is 0 Å². The van der Waals surface area contributed by atoms with Gasteiger partial charge in [-0.2, -0.15) is 0 Å². The number of oxime groups is 1. The van der Waals surface area contributed by atoms with Gasteiger partial charge in [0.25, 0.3) is 5.91 Å². The Bertz CT molecular complexity index is 418. The molecule has 2 atom stereocenters. The van der Waals surface area contributed by atoms with Gasteiger partial charge in [-0.25, -0.2) is 4.79 Å². The van der Waals surface area contributed by atoms with Crippen LogP contribution in [0.5, 0.6) is 0 Å². The van der Waals surface area contributed by atoms with Gasteiger partial charge in [0.2, 0.25) is 6.10 Å². The normalized spacial score (nSPS) is 29.3. The molecule has 0 aromatic rings. The smallest absolute Gasteiger partial charge is 0.353 e. The van der Waals surface area contributed by atoms with Gasteiger partial charge < -0.3 is 20.0 Å². The average molecular weight is 270 g/mol.